The Morgan fingerprint density at radius 1 is 1.59 bits per heavy atom. The van der Waals surface area contributed by atoms with Crippen LogP contribution in [0.4, 0.5) is 0 Å². The van der Waals surface area contributed by atoms with Crippen LogP contribution in [0.25, 0.3) is 0 Å². The Morgan fingerprint density at radius 2 is 2.41 bits per heavy atom. The minimum atomic E-state index is 0. The molecule has 1 aromatic heterocycles. The van der Waals surface area contributed by atoms with Crippen molar-refractivity contribution in [2.24, 2.45) is 0 Å². The van der Waals surface area contributed by atoms with E-state index in [1.165, 1.54) is 17.7 Å². The molecule has 1 atom stereocenters. The molecule has 2 heterocycles. The van der Waals surface area contributed by atoms with Crippen LogP contribution >= 0.6 is 23.7 Å². The number of amides is 1. The van der Waals surface area contributed by atoms with Gasteiger partial charge in [0.25, 0.3) is 5.91 Å². The first-order valence-corrected chi connectivity index (χ1v) is 6.65. The summed E-state index contributed by atoms with van der Waals surface area (Å²) in [5.41, 5.74) is 0. The van der Waals surface area contributed by atoms with Gasteiger partial charge in [-0.05, 0) is 44.9 Å². The normalized spacial score (nSPS) is 18.8. The predicted molar refractivity (Wildman–Crippen MR) is 74.3 cm³/mol. The molecule has 0 saturated carbocycles. The molecule has 0 bridgehead atoms. The van der Waals surface area contributed by atoms with Gasteiger partial charge in [-0.25, -0.2) is 0 Å². The SMILES string of the molecule is Cc1ccc(C(=O)NCC[C@H]2CCCN2)s1.Cl. The van der Waals surface area contributed by atoms with Crippen molar-refractivity contribution in [2.75, 3.05) is 13.1 Å². The number of rotatable bonds is 4. The monoisotopic (exact) mass is 274 g/mol. The molecule has 0 aromatic carbocycles. The number of hydrogen-bond donors (Lipinski definition) is 2. The molecule has 1 aliphatic rings. The van der Waals surface area contributed by atoms with E-state index < -0.39 is 0 Å². The molecule has 0 aliphatic carbocycles. The van der Waals surface area contributed by atoms with Gasteiger partial charge in [-0.15, -0.1) is 23.7 Å². The van der Waals surface area contributed by atoms with Crippen molar-refractivity contribution in [1.82, 2.24) is 10.6 Å². The van der Waals surface area contributed by atoms with Gasteiger partial charge < -0.3 is 10.6 Å². The Morgan fingerprint density at radius 3 is 3.00 bits per heavy atom. The van der Waals surface area contributed by atoms with Gasteiger partial charge in [0.1, 0.15) is 0 Å². The highest BCUT2D eigenvalue weighted by Gasteiger charge is 2.14. The number of aryl methyl sites for hydroxylation is 1. The lowest BCUT2D eigenvalue weighted by molar-refractivity contribution is 0.0956. The lowest BCUT2D eigenvalue weighted by atomic mass is 10.1. The number of nitrogens with one attached hydrogen (secondary N) is 2. The van der Waals surface area contributed by atoms with E-state index in [-0.39, 0.29) is 18.3 Å². The second kappa shape index (κ2) is 6.99. The van der Waals surface area contributed by atoms with Crippen molar-refractivity contribution in [2.45, 2.75) is 32.2 Å². The van der Waals surface area contributed by atoms with E-state index in [4.69, 9.17) is 0 Å². The van der Waals surface area contributed by atoms with Gasteiger partial charge in [-0.3, -0.25) is 4.79 Å². The quantitative estimate of drug-likeness (QED) is 0.885. The van der Waals surface area contributed by atoms with Crippen LogP contribution in [0, 0.1) is 6.92 Å². The molecule has 2 rings (SSSR count). The smallest absolute Gasteiger partial charge is 0.261 e. The van der Waals surface area contributed by atoms with Crippen LogP contribution in [-0.4, -0.2) is 25.0 Å². The van der Waals surface area contributed by atoms with Crippen molar-refractivity contribution >= 4 is 29.7 Å². The first-order chi connectivity index (χ1) is 7.75. The van der Waals surface area contributed by atoms with Crippen molar-refractivity contribution < 1.29 is 4.79 Å². The van der Waals surface area contributed by atoms with Gasteiger partial charge in [-0.2, -0.15) is 0 Å². The number of carbonyl (C=O) groups excluding carboxylic acids is 1. The summed E-state index contributed by atoms with van der Waals surface area (Å²) in [5, 5.41) is 6.40. The third-order valence-corrected chi connectivity index (χ3v) is 3.90. The average Bonchev–Trinajstić information content (AvgIpc) is 2.89. The Labute approximate surface area is 112 Å². The summed E-state index contributed by atoms with van der Waals surface area (Å²) in [6.45, 7) is 3.92. The van der Waals surface area contributed by atoms with Gasteiger partial charge >= 0.3 is 0 Å². The van der Waals surface area contributed by atoms with Crippen LogP contribution in [0.3, 0.4) is 0 Å². The van der Waals surface area contributed by atoms with Crippen LogP contribution in [0.15, 0.2) is 12.1 Å². The standard InChI is InChI=1S/C12H18N2OS.ClH/c1-9-4-5-11(16-9)12(15)14-8-6-10-3-2-7-13-10;/h4-5,10,13H,2-3,6-8H2,1H3,(H,14,15);1H/t10-;/m1./s1. The number of carbonyl (C=O) groups is 1. The second-order valence-electron chi connectivity index (χ2n) is 4.25. The van der Waals surface area contributed by atoms with Crippen LogP contribution in [0.2, 0.25) is 0 Å². The maximum absolute atomic E-state index is 11.7. The Kier molecular flexibility index (Phi) is 5.95. The van der Waals surface area contributed by atoms with Gasteiger partial charge in [0, 0.05) is 17.5 Å². The first kappa shape index (κ1) is 14.5. The van der Waals surface area contributed by atoms with Gasteiger partial charge in [0.15, 0.2) is 0 Å². The zero-order chi connectivity index (χ0) is 11.4. The van der Waals surface area contributed by atoms with Crippen molar-refractivity contribution in [3.05, 3.63) is 21.9 Å². The molecule has 1 saturated heterocycles. The zero-order valence-corrected chi connectivity index (χ0v) is 11.6. The Balaban J connectivity index is 0.00000144. The minimum Gasteiger partial charge on any atom is -0.351 e. The lowest BCUT2D eigenvalue weighted by Gasteiger charge is -2.09. The summed E-state index contributed by atoms with van der Waals surface area (Å²) >= 11 is 1.55. The van der Waals surface area contributed by atoms with Crippen molar-refractivity contribution in [3.63, 3.8) is 0 Å². The van der Waals surface area contributed by atoms with Crippen molar-refractivity contribution in [3.8, 4) is 0 Å². The topological polar surface area (TPSA) is 41.1 Å². The molecule has 5 heteroatoms. The molecule has 1 aliphatic heterocycles. The van der Waals surface area contributed by atoms with Gasteiger partial charge in [-0.1, -0.05) is 0 Å². The summed E-state index contributed by atoms with van der Waals surface area (Å²) < 4.78 is 0. The molecule has 0 radical (unpaired) electrons. The van der Waals surface area contributed by atoms with Crippen LogP contribution in [0.1, 0.15) is 33.8 Å². The maximum Gasteiger partial charge on any atom is 0.261 e. The van der Waals surface area contributed by atoms with E-state index in [0.29, 0.717) is 6.04 Å². The highest BCUT2D eigenvalue weighted by molar-refractivity contribution is 7.13. The van der Waals surface area contributed by atoms with E-state index >= 15 is 0 Å². The lowest BCUT2D eigenvalue weighted by Crippen LogP contribution is -2.30. The number of halogens is 1. The molecular weight excluding hydrogens is 256 g/mol. The molecular formula is C12H19ClN2OS. The fourth-order valence-corrected chi connectivity index (χ4v) is 2.79. The summed E-state index contributed by atoms with van der Waals surface area (Å²) in [6.07, 6.45) is 3.55. The fraction of sp³-hybridized carbons (Fsp3) is 0.583. The van der Waals surface area contributed by atoms with Gasteiger partial charge in [0.2, 0.25) is 0 Å². The Bertz CT molecular complexity index is 361. The van der Waals surface area contributed by atoms with Crippen molar-refractivity contribution in [1.29, 1.82) is 0 Å². The minimum absolute atomic E-state index is 0. The van der Waals surface area contributed by atoms with E-state index in [0.717, 1.165) is 24.4 Å². The molecule has 2 N–H and O–H groups in total. The second-order valence-corrected chi connectivity index (χ2v) is 5.54. The van der Waals surface area contributed by atoms with Crippen LogP contribution in [0.5, 0.6) is 0 Å². The summed E-state index contributed by atoms with van der Waals surface area (Å²) in [6, 6.07) is 4.48. The molecule has 1 fully saturated rings. The molecule has 96 valence electrons. The van der Waals surface area contributed by atoms with Crippen LogP contribution < -0.4 is 10.6 Å². The third-order valence-electron chi connectivity index (χ3n) is 2.90. The summed E-state index contributed by atoms with van der Waals surface area (Å²) in [7, 11) is 0. The van der Waals surface area contributed by atoms with Gasteiger partial charge in [0.05, 0.1) is 4.88 Å². The predicted octanol–water partition coefficient (Wildman–Crippen LogP) is 2.35. The zero-order valence-electron chi connectivity index (χ0n) is 9.99. The van der Waals surface area contributed by atoms with E-state index in [1.807, 2.05) is 19.1 Å². The molecule has 17 heavy (non-hydrogen) atoms. The molecule has 0 spiro atoms. The summed E-state index contributed by atoms with van der Waals surface area (Å²) in [4.78, 5) is 13.7. The van der Waals surface area contributed by atoms with E-state index in [1.54, 1.807) is 11.3 Å². The fourth-order valence-electron chi connectivity index (χ4n) is 2.01. The largest absolute Gasteiger partial charge is 0.351 e. The molecule has 1 aromatic rings. The highest BCUT2D eigenvalue weighted by Crippen LogP contribution is 2.14. The summed E-state index contributed by atoms with van der Waals surface area (Å²) in [5.74, 6) is 0.0658. The molecule has 1 amide bonds. The average molecular weight is 275 g/mol. The highest BCUT2D eigenvalue weighted by atomic mass is 35.5. The Hall–Kier alpha value is -0.580. The first-order valence-electron chi connectivity index (χ1n) is 5.84. The number of hydrogen-bond acceptors (Lipinski definition) is 3. The van der Waals surface area contributed by atoms with Crippen LogP contribution in [-0.2, 0) is 0 Å². The maximum atomic E-state index is 11.7. The molecule has 3 nitrogen and oxygen atoms in total. The number of thiophene rings is 1. The molecule has 0 unspecified atom stereocenters. The van der Waals surface area contributed by atoms with E-state index in [2.05, 4.69) is 10.6 Å². The van der Waals surface area contributed by atoms with E-state index in [9.17, 15) is 4.79 Å². The third kappa shape index (κ3) is 4.30.